The molecule has 4 rings (SSSR count). The quantitative estimate of drug-likeness (QED) is 0.824. The van der Waals surface area contributed by atoms with E-state index in [-0.39, 0.29) is 11.4 Å². The van der Waals surface area contributed by atoms with Gasteiger partial charge in [0.25, 0.3) is 0 Å². The third kappa shape index (κ3) is 3.16. The molecule has 1 spiro atoms. The first kappa shape index (κ1) is 15.2. The average molecular weight is 313 g/mol. The SMILES string of the molecule is O=C1CC2(CCN(CC3CCCCC3)CC2)Oc2ccccc21. The Morgan fingerprint density at radius 3 is 2.61 bits per heavy atom. The van der Waals surface area contributed by atoms with Gasteiger partial charge in [-0.2, -0.15) is 0 Å². The minimum absolute atomic E-state index is 0.242. The van der Waals surface area contributed by atoms with Crippen molar-refractivity contribution in [3.63, 3.8) is 0 Å². The first-order chi connectivity index (χ1) is 11.2. The molecular formula is C20H27NO2. The second kappa shape index (κ2) is 6.27. The normalized spacial score (nSPS) is 25.1. The number of hydrogen-bond donors (Lipinski definition) is 0. The Hall–Kier alpha value is -1.35. The van der Waals surface area contributed by atoms with Crippen LogP contribution in [0.1, 0.15) is 61.7 Å². The van der Waals surface area contributed by atoms with Crippen molar-refractivity contribution in [1.29, 1.82) is 0 Å². The molecule has 0 radical (unpaired) electrons. The van der Waals surface area contributed by atoms with Crippen LogP contribution in [0.15, 0.2) is 24.3 Å². The highest BCUT2D eigenvalue weighted by molar-refractivity contribution is 6.00. The Balaban J connectivity index is 1.38. The maximum atomic E-state index is 12.5. The number of Topliss-reactive ketones (excluding diaryl/α,β-unsaturated/α-hetero) is 1. The molecule has 1 aromatic rings. The lowest BCUT2D eigenvalue weighted by Crippen LogP contribution is -2.51. The maximum absolute atomic E-state index is 12.5. The molecule has 1 aliphatic carbocycles. The van der Waals surface area contributed by atoms with Crippen LogP contribution in [0.4, 0.5) is 0 Å². The summed E-state index contributed by atoms with van der Waals surface area (Å²) < 4.78 is 6.32. The standard InChI is InChI=1S/C20H27NO2/c22-18-14-20(23-19-9-5-4-8-17(18)19)10-12-21(13-11-20)15-16-6-2-1-3-7-16/h4-5,8-9,16H,1-3,6-7,10-15H2. The van der Waals surface area contributed by atoms with Crippen molar-refractivity contribution in [3.05, 3.63) is 29.8 Å². The number of benzene rings is 1. The van der Waals surface area contributed by atoms with Crippen LogP contribution >= 0.6 is 0 Å². The molecule has 0 atom stereocenters. The summed E-state index contributed by atoms with van der Waals surface area (Å²) >= 11 is 0. The highest BCUT2D eigenvalue weighted by Crippen LogP contribution is 2.39. The largest absolute Gasteiger partial charge is 0.486 e. The number of carbonyl (C=O) groups is 1. The topological polar surface area (TPSA) is 29.5 Å². The summed E-state index contributed by atoms with van der Waals surface area (Å²) in [4.78, 5) is 15.1. The van der Waals surface area contributed by atoms with Gasteiger partial charge in [0.2, 0.25) is 0 Å². The monoisotopic (exact) mass is 313 g/mol. The van der Waals surface area contributed by atoms with Crippen molar-refractivity contribution in [2.24, 2.45) is 5.92 Å². The highest BCUT2D eigenvalue weighted by Gasteiger charge is 2.42. The number of ether oxygens (including phenoxy) is 1. The molecule has 0 unspecified atom stereocenters. The van der Waals surface area contributed by atoms with Crippen LogP contribution in [0, 0.1) is 5.92 Å². The number of carbonyl (C=O) groups excluding carboxylic acids is 1. The summed E-state index contributed by atoms with van der Waals surface area (Å²) in [5.41, 5.74) is 0.525. The summed E-state index contributed by atoms with van der Waals surface area (Å²) in [5, 5.41) is 0. The van der Waals surface area contributed by atoms with Crippen molar-refractivity contribution < 1.29 is 9.53 Å². The Morgan fingerprint density at radius 2 is 1.83 bits per heavy atom. The first-order valence-electron chi connectivity index (χ1n) is 9.28. The van der Waals surface area contributed by atoms with Gasteiger partial charge in [0, 0.05) is 32.5 Å². The Bertz CT molecular complexity index is 569. The zero-order valence-corrected chi connectivity index (χ0v) is 13.9. The summed E-state index contributed by atoms with van der Waals surface area (Å²) in [5.74, 6) is 1.95. The van der Waals surface area contributed by atoms with E-state index in [2.05, 4.69) is 4.90 Å². The highest BCUT2D eigenvalue weighted by atomic mass is 16.5. The van der Waals surface area contributed by atoms with E-state index in [4.69, 9.17) is 4.74 Å². The van der Waals surface area contributed by atoms with Crippen molar-refractivity contribution in [2.45, 2.75) is 57.0 Å². The molecule has 23 heavy (non-hydrogen) atoms. The van der Waals surface area contributed by atoms with Crippen LogP contribution in [0.25, 0.3) is 0 Å². The molecule has 0 bridgehead atoms. The molecule has 1 saturated heterocycles. The molecule has 0 amide bonds. The van der Waals surface area contributed by atoms with Crippen LogP contribution in [-0.2, 0) is 0 Å². The molecule has 3 heteroatoms. The van der Waals surface area contributed by atoms with Crippen molar-refractivity contribution in [2.75, 3.05) is 19.6 Å². The maximum Gasteiger partial charge on any atom is 0.170 e. The van der Waals surface area contributed by atoms with Crippen LogP contribution in [0.2, 0.25) is 0 Å². The predicted octanol–water partition coefficient (Wildman–Crippen LogP) is 4.07. The molecule has 124 valence electrons. The van der Waals surface area contributed by atoms with E-state index < -0.39 is 0 Å². The fourth-order valence-electron chi connectivity index (χ4n) is 4.60. The molecule has 2 fully saturated rings. The van der Waals surface area contributed by atoms with Crippen LogP contribution < -0.4 is 4.74 Å². The second-order valence-corrected chi connectivity index (χ2v) is 7.69. The van der Waals surface area contributed by atoms with Gasteiger partial charge < -0.3 is 9.64 Å². The summed E-state index contributed by atoms with van der Waals surface area (Å²) in [6.07, 6.45) is 9.59. The van der Waals surface area contributed by atoms with Gasteiger partial charge in [-0.3, -0.25) is 4.79 Å². The number of rotatable bonds is 2. The van der Waals surface area contributed by atoms with Crippen molar-refractivity contribution in [1.82, 2.24) is 4.90 Å². The van der Waals surface area contributed by atoms with E-state index in [0.29, 0.717) is 6.42 Å². The van der Waals surface area contributed by atoms with Crippen LogP contribution in [0.3, 0.4) is 0 Å². The van der Waals surface area contributed by atoms with E-state index in [9.17, 15) is 4.79 Å². The Kier molecular flexibility index (Phi) is 4.14. The van der Waals surface area contributed by atoms with E-state index in [1.807, 2.05) is 24.3 Å². The molecule has 1 saturated carbocycles. The minimum atomic E-state index is -0.242. The number of hydrogen-bond acceptors (Lipinski definition) is 3. The molecule has 1 aromatic carbocycles. The third-order valence-electron chi connectivity index (χ3n) is 6.01. The summed E-state index contributed by atoms with van der Waals surface area (Å²) in [7, 11) is 0. The van der Waals surface area contributed by atoms with Gasteiger partial charge in [0.1, 0.15) is 11.4 Å². The lowest BCUT2D eigenvalue weighted by molar-refractivity contribution is -0.0130. The Morgan fingerprint density at radius 1 is 1.09 bits per heavy atom. The van der Waals surface area contributed by atoms with Crippen LogP contribution in [0.5, 0.6) is 5.75 Å². The van der Waals surface area contributed by atoms with E-state index in [0.717, 1.165) is 43.2 Å². The summed E-state index contributed by atoms with van der Waals surface area (Å²) in [6.45, 7) is 3.40. The average Bonchev–Trinajstić information content (AvgIpc) is 2.58. The van der Waals surface area contributed by atoms with Crippen LogP contribution in [-0.4, -0.2) is 35.9 Å². The number of para-hydroxylation sites is 1. The fourth-order valence-corrected chi connectivity index (χ4v) is 4.60. The number of fused-ring (bicyclic) bond motifs is 1. The molecule has 2 heterocycles. The van der Waals surface area contributed by atoms with Gasteiger partial charge in [-0.1, -0.05) is 31.4 Å². The zero-order valence-electron chi connectivity index (χ0n) is 13.9. The number of nitrogens with zero attached hydrogens (tertiary/aromatic N) is 1. The lowest BCUT2D eigenvalue weighted by Gasteiger charge is -2.44. The lowest BCUT2D eigenvalue weighted by atomic mass is 9.81. The van der Waals surface area contributed by atoms with E-state index in [1.54, 1.807) is 0 Å². The third-order valence-corrected chi connectivity index (χ3v) is 6.01. The molecule has 3 aliphatic rings. The number of piperidine rings is 1. The Labute approximate surface area is 139 Å². The van der Waals surface area contributed by atoms with Crippen molar-refractivity contribution >= 4 is 5.78 Å². The molecule has 0 aromatic heterocycles. The van der Waals surface area contributed by atoms with E-state index >= 15 is 0 Å². The molecule has 0 N–H and O–H groups in total. The fraction of sp³-hybridized carbons (Fsp3) is 0.650. The number of likely N-dealkylation sites (tertiary alicyclic amines) is 1. The molecular weight excluding hydrogens is 286 g/mol. The smallest absolute Gasteiger partial charge is 0.170 e. The minimum Gasteiger partial charge on any atom is -0.486 e. The van der Waals surface area contributed by atoms with Gasteiger partial charge in [-0.15, -0.1) is 0 Å². The molecule has 3 nitrogen and oxygen atoms in total. The first-order valence-corrected chi connectivity index (χ1v) is 9.28. The van der Waals surface area contributed by atoms with Gasteiger partial charge >= 0.3 is 0 Å². The van der Waals surface area contributed by atoms with Gasteiger partial charge in [0.05, 0.1) is 12.0 Å². The zero-order chi connectivity index (χ0) is 15.7. The number of ketones is 1. The van der Waals surface area contributed by atoms with Gasteiger partial charge in [-0.25, -0.2) is 0 Å². The van der Waals surface area contributed by atoms with Gasteiger partial charge in [-0.05, 0) is 30.9 Å². The van der Waals surface area contributed by atoms with Crippen molar-refractivity contribution in [3.8, 4) is 5.75 Å². The predicted molar refractivity (Wildman–Crippen MR) is 91.0 cm³/mol. The van der Waals surface area contributed by atoms with Gasteiger partial charge in [0.15, 0.2) is 5.78 Å². The molecule has 2 aliphatic heterocycles. The second-order valence-electron chi connectivity index (χ2n) is 7.69. The van der Waals surface area contributed by atoms with E-state index in [1.165, 1.54) is 38.6 Å². The summed E-state index contributed by atoms with van der Waals surface area (Å²) in [6, 6.07) is 7.72.